The van der Waals surface area contributed by atoms with E-state index in [4.69, 9.17) is 0 Å². The summed E-state index contributed by atoms with van der Waals surface area (Å²) in [4.78, 5) is 0. The molecule has 0 aliphatic heterocycles. The summed E-state index contributed by atoms with van der Waals surface area (Å²) in [5.74, 6) is 0.694. The first kappa shape index (κ1) is 21.7. The van der Waals surface area contributed by atoms with Crippen molar-refractivity contribution in [2.24, 2.45) is 0 Å². The Morgan fingerprint density at radius 2 is 1.44 bits per heavy atom. The molecule has 138 valence electrons. The van der Waals surface area contributed by atoms with E-state index in [0.717, 1.165) is 11.0 Å². The Morgan fingerprint density at radius 3 is 2.08 bits per heavy atom. The number of halogens is 1. The molecule has 1 unspecified atom stereocenters. The summed E-state index contributed by atoms with van der Waals surface area (Å²) < 4.78 is 0.909. The maximum Gasteiger partial charge on any atom is 0.136 e. The molecule has 0 aliphatic rings. The van der Waals surface area contributed by atoms with Crippen LogP contribution >= 0.6 is 0 Å². The second-order valence-corrected chi connectivity index (χ2v) is 7.52. The molecule has 25 heavy (non-hydrogen) atoms. The van der Waals surface area contributed by atoms with Crippen LogP contribution in [-0.2, 0) is 6.54 Å². The quantitative estimate of drug-likeness (QED) is 0.601. The van der Waals surface area contributed by atoms with Gasteiger partial charge in [-0.25, -0.2) is 0 Å². The highest BCUT2D eigenvalue weighted by atomic mass is 35.5. The third-order valence-corrected chi connectivity index (χ3v) is 4.99. The first-order chi connectivity index (χ1) is 11.6. The van der Waals surface area contributed by atoms with Crippen LogP contribution in [0.2, 0.25) is 0 Å². The summed E-state index contributed by atoms with van der Waals surface area (Å²) in [6, 6.07) is 20.0. The van der Waals surface area contributed by atoms with Gasteiger partial charge in [0.05, 0.1) is 14.1 Å². The van der Waals surface area contributed by atoms with E-state index in [1.807, 2.05) is 0 Å². The maximum absolute atomic E-state index is 2.37. The molecular formula is C23H34ClN. The number of benzene rings is 2. The molecule has 0 aliphatic carbocycles. The van der Waals surface area contributed by atoms with Gasteiger partial charge < -0.3 is 12.4 Å². The zero-order valence-corrected chi connectivity index (χ0v) is 17.1. The molecule has 2 aromatic carbocycles. The van der Waals surface area contributed by atoms with Crippen LogP contribution < -0.4 is 16.9 Å². The lowest BCUT2D eigenvalue weighted by Crippen LogP contribution is -3.00. The van der Waals surface area contributed by atoms with Crippen molar-refractivity contribution in [2.75, 3.05) is 14.1 Å². The average Bonchev–Trinajstić information content (AvgIpc) is 2.59. The lowest BCUT2D eigenvalue weighted by molar-refractivity contribution is -0.00000535. The van der Waals surface area contributed by atoms with Gasteiger partial charge in [-0.2, -0.15) is 0 Å². The van der Waals surface area contributed by atoms with Gasteiger partial charge in [0.2, 0.25) is 0 Å². The molecule has 2 aromatic rings. The number of unbranched alkanes of at least 4 members (excludes halogenated alkanes) is 1. The first-order valence-electron chi connectivity index (χ1n) is 9.55. The maximum atomic E-state index is 2.37. The van der Waals surface area contributed by atoms with Crippen LogP contribution in [-0.4, -0.2) is 14.1 Å². The minimum Gasteiger partial charge on any atom is -1.00 e. The number of para-hydroxylation sites is 1. The summed E-state index contributed by atoms with van der Waals surface area (Å²) in [6.45, 7) is 5.64. The summed E-state index contributed by atoms with van der Waals surface area (Å²) in [7, 11) is 4.68. The van der Waals surface area contributed by atoms with Crippen molar-refractivity contribution in [3.05, 3.63) is 65.7 Å². The summed E-state index contributed by atoms with van der Waals surface area (Å²) in [5, 5.41) is 0. The van der Waals surface area contributed by atoms with Gasteiger partial charge in [-0.05, 0) is 24.8 Å². The van der Waals surface area contributed by atoms with Crippen LogP contribution in [0, 0.1) is 0 Å². The van der Waals surface area contributed by atoms with E-state index >= 15 is 0 Å². The first-order valence-corrected chi connectivity index (χ1v) is 9.55. The van der Waals surface area contributed by atoms with Crippen molar-refractivity contribution in [1.82, 2.24) is 4.48 Å². The zero-order chi connectivity index (χ0) is 17.4. The van der Waals surface area contributed by atoms with Crippen molar-refractivity contribution in [3.63, 3.8) is 0 Å². The largest absolute Gasteiger partial charge is 1.00 e. The smallest absolute Gasteiger partial charge is 0.136 e. The van der Waals surface area contributed by atoms with Crippen LogP contribution in [0.1, 0.15) is 63.0 Å². The minimum atomic E-state index is 0. The predicted octanol–water partition coefficient (Wildman–Crippen LogP) is 3.53. The monoisotopic (exact) mass is 359 g/mol. The highest BCUT2D eigenvalue weighted by Gasteiger charge is 2.26. The van der Waals surface area contributed by atoms with Crippen molar-refractivity contribution in [3.8, 4) is 0 Å². The topological polar surface area (TPSA) is 0 Å². The molecule has 1 nitrogen and oxygen atoms in total. The number of hydrogen-bond donors (Lipinski definition) is 0. The third-order valence-electron chi connectivity index (χ3n) is 4.99. The average molecular weight is 360 g/mol. The SMILES string of the molecule is CCCCC(CCC)c1ccccc1[N+](C)(C)Cc1ccccc1.[Cl-]. The fourth-order valence-electron chi connectivity index (χ4n) is 3.76. The predicted molar refractivity (Wildman–Crippen MR) is 107 cm³/mol. The van der Waals surface area contributed by atoms with Crippen molar-refractivity contribution in [2.45, 2.75) is 58.4 Å². The van der Waals surface area contributed by atoms with Crippen LogP contribution in [0.4, 0.5) is 5.69 Å². The molecule has 1 atom stereocenters. The van der Waals surface area contributed by atoms with E-state index < -0.39 is 0 Å². The fraction of sp³-hybridized carbons (Fsp3) is 0.478. The van der Waals surface area contributed by atoms with Crippen molar-refractivity contribution >= 4 is 5.69 Å². The standard InChI is InChI=1S/C23H34N.ClH/c1-5-7-16-21(13-6-2)22-17-11-12-18-23(22)24(3,4)19-20-14-9-8-10-15-20;/h8-12,14-15,17-18,21H,5-7,13,16,19H2,1-4H3;1H/q+1;/p-1. The van der Waals surface area contributed by atoms with Crippen molar-refractivity contribution < 1.29 is 12.4 Å². The summed E-state index contributed by atoms with van der Waals surface area (Å²) >= 11 is 0. The lowest BCUT2D eigenvalue weighted by Gasteiger charge is -2.33. The molecule has 0 bridgehead atoms. The highest BCUT2D eigenvalue weighted by Crippen LogP contribution is 2.36. The van der Waals surface area contributed by atoms with Gasteiger partial charge in [0.1, 0.15) is 12.2 Å². The zero-order valence-electron chi connectivity index (χ0n) is 16.3. The molecule has 2 heteroatoms. The van der Waals surface area contributed by atoms with E-state index in [0.29, 0.717) is 5.92 Å². The van der Waals surface area contributed by atoms with E-state index in [2.05, 4.69) is 82.5 Å². The van der Waals surface area contributed by atoms with Gasteiger partial charge in [-0.1, -0.05) is 81.6 Å². The molecule has 0 radical (unpaired) electrons. The highest BCUT2D eigenvalue weighted by molar-refractivity contribution is 5.52. The Kier molecular flexibility index (Phi) is 9.24. The molecular weight excluding hydrogens is 326 g/mol. The molecule has 2 rings (SSSR count). The second-order valence-electron chi connectivity index (χ2n) is 7.52. The molecule has 0 amide bonds. The fourth-order valence-corrected chi connectivity index (χ4v) is 3.76. The minimum absolute atomic E-state index is 0. The number of quaternary nitrogens is 1. The molecule has 0 N–H and O–H groups in total. The van der Waals surface area contributed by atoms with Gasteiger partial charge in [0.15, 0.2) is 0 Å². The number of nitrogens with zero attached hydrogens (tertiary/aromatic N) is 1. The van der Waals surface area contributed by atoms with Gasteiger partial charge >= 0.3 is 0 Å². The van der Waals surface area contributed by atoms with E-state index in [-0.39, 0.29) is 12.4 Å². The van der Waals surface area contributed by atoms with Crippen molar-refractivity contribution in [1.29, 1.82) is 0 Å². The van der Waals surface area contributed by atoms with Crippen LogP contribution in [0.5, 0.6) is 0 Å². The Morgan fingerprint density at radius 1 is 0.800 bits per heavy atom. The molecule has 0 fully saturated rings. The number of rotatable bonds is 9. The summed E-state index contributed by atoms with van der Waals surface area (Å²) in [5.41, 5.74) is 4.45. The molecule has 0 saturated carbocycles. The molecule has 0 spiro atoms. The van der Waals surface area contributed by atoms with E-state index in [9.17, 15) is 0 Å². The second kappa shape index (κ2) is 10.6. The normalized spacial score (nSPS) is 12.5. The Balaban J connectivity index is 0.00000312. The van der Waals surface area contributed by atoms with Gasteiger partial charge in [-0.3, -0.25) is 4.48 Å². The third kappa shape index (κ3) is 6.17. The Hall–Kier alpha value is -1.31. The molecule has 0 aromatic heterocycles. The van der Waals surface area contributed by atoms with E-state index in [1.165, 1.54) is 43.4 Å². The summed E-state index contributed by atoms with van der Waals surface area (Å²) in [6.07, 6.45) is 6.47. The van der Waals surface area contributed by atoms with Crippen LogP contribution in [0.15, 0.2) is 54.6 Å². The number of hydrogen-bond acceptors (Lipinski definition) is 0. The Bertz CT molecular complexity index is 606. The van der Waals surface area contributed by atoms with Gasteiger partial charge in [0, 0.05) is 11.1 Å². The lowest BCUT2D eigenvalue weighted by atomic mass is 9.88. The van der Waals surface area contributed by atoms with Crippen LogP contribution in [0.3, 0.4) is 0 Å². The molecule has 0 saturated heterocycles. The van der Waals surface area contributed by atoms with Crippen LogP contribution in [0.25, 0.3) is 0 Å². The van der Waals surface area contributed by atoms with Gasteiger partial charge in [-0.15, -0.1) is 0 Å². The molecule has 0 heterocycles. The van der Waals surface area contributed by atoms with E-state index in [1.54, 1.807) is 5.56 Å². The Labute approximate surface area is 161 Å². The van der Waals surface area contributed by atoms with Gasteiger partial charge in [0.25, 0.3) is 0 Å².